The number of hydrogen-bond donors (Lipinski definition) is 0. The van der Waals surface area contributed by atoms with E-state index < -0.39 is 10.1 Å². The molecule has 0 radical (unpaired) electrons. The van der Waals surface area contributed by atoms with E-state index in [2.05, 4.69) is 0 Å². The first-order valence-electron chi connectivity index (χ1n) is 6.99. The highest BCUT2D eigenvalue weighted by Crippen LogP contribution is 2.26. The number of hydrogen-bond acceptors (Lipinski definition) is 4. The van der Waals surface area contributed by atoms with Crippen molar-refractivity contribution in [3.8, 4) is 5.75 Å². The van der Waals surface area contributed by atoms with Crippen LogP contribution in [0.15, 0.2) is 24.3 Å². The highest BCUT2D eigenvalue weighted by molar-refractivity contribution is 7.87. The first-order valence-corrected chi connectivity index (χ1v) is 8.57. The van der Waals surface area contributed by atoms with Gasteiger partial charge in [0, 0.05) is 5.56 Å². The molecule has 1 aromatic carbocycles. The third-order valence-electron chi connectivity index (χ3n) is 3.65. The average molecular weight is 296 g/mol. The van der Waals surface area contributed by atoms with Crippen LogP contribution < -0.4 is 4.18 Å². The zero-order chi connectivity index (χ0) is 14.6. The lowest BCUT2D eigenvalue weighted by molar-refractivity contribution is 0.101. The summed E-state index contributed by atoms with van der Waals surface area (Å²) in [4.78, 5) is 11.1. The summed E-state index contributed by atoms with van der Waals surface area (Å²) in [5, 5.41) is 0. The molecular weight excluding hydrogens is 276 g/mol. The van der Waals surface area contributed by atoms with Gasteiger partial charge in [-0.1, -0.05) is 19.3 Å². The molecular formula is C15H20O4S. The summed E-state index contributed by atoms with van der Waals surface area (Å²) in [7, 11) is -3.55. The highest BCUT2D eigenvalue weighted by Gasteiger charge is 2.22. The summed E-state index contributed by atoms with van der Waals surface area (Å²) in [6.45, 7) is 1.47. The molecule has 1 aliphatic carbocycles. The normalized spacial score (nSPS) is 16.9. The Labute approximate surface area is 120 Å². The zero-order valence-electron chi connectivity index (χ0n) is 11.7. The summed E-state index contributed by atoms with van der Waals surface area (Å²) in [5.74, 6) is 0.513. The average Bonchev–Trinajstić information content (AvgIpc) is 2.39. The topological polar surface area (TPSA) is 60.4 Å². The second-order valence-corrected chi connectivity index (χ2v) is 7.01. The van der Waals surface area contributed by atoms with Crippen molar-refractivity contribution in [2.45, 2.75) is 39.0 Å². The fourth-order valence-electron chi connectivity index (χ4n) is 2.57. The summed E-state index contributed by atoms with van der Waals surface area (Å²) < 4.78 is 29.1. The Morgan fingerprint density at radius 3 is 2.30 bits per heavy atom. The molecule has 0 heterocycles. The van der Waals surface area contributed by atoms with Gasteiger partial charge in [0.2, 0.25) is 0 Å². The van der Waals surface area contributed by atoms with Gasteiger partial charge in [0.1, 0.15) is 5.75 Å². The molecule has 0 bridgehead atoms. The minimum atomic E-state index is -3.55. The number of carbonyl (C=O) groups excluding carboxylic acids is 1. The van der Waals surface area contributed by atoms with E-state index in [1.54, 1.807) is 12.1 Å². The third-order valence-corrected chi connectivity index (χ3v) is 4.97. The van der Waals surface area contributed by atoms with Gasteiger partial charge >= 0.3 is 10.1 Å². The first-order chi connectivity index (χ1) is 9.46. The van der Waals surface area contributed by atoms with Gasteiger partial charge in [-0.15, -0.1) is 0 Å². The Morgan fingerprint density at radius 1 is 1.15 bits per heavy atom. The van der Waals surface area contributed by atoms with Gasteiger partial charge in [0.25, 0.3) is 0 Å². The second-order valence-electron chi connectivity index (χ2n) is 5.39. The van der Waals surface area contributed by atoms with Crippen LogP contribution in [0.5, 0.6) is 5.75 Å². The van der Waals surface area contributed by atoms with E-state index in [-0.39, 0.29) is 23.2 Å². The minimum absolute atomic E-state index is 0.0541. The van der Waals surface area contributed by atoms with Crippen molar-refractivity contribution in [1.82, 2.24) is 0 Å². The molecule has 1 saturated carbocycles. The predicted molar refractivity (Wildman–Crippen MR) is 77.4 cm³/mol. The molecule has 0 spiro atoms. The Hall–Kier alpha value is -1.36. The van der Waals surface area contributed by atoms with E-state index in [4.69, 9.17) is 4.18 Å². The zero-order valence-corrected chi connectivity index (χ0v) is 12.5. The number of Topliss-reactive ketones (excluding diaryl/α,β-unsaturated/α-hetero) is 1. The van der Waals surface area contributed by atoms with Crippen molar-refractivity contribution in [3.05, 3.63) is 29.8 Å². The molecule has 2 rings (SSSR count). The summed E-state index contributed by atoms with van der Waals surface area (Å²) in [6, 6.07) is 6.20. The molecule has 1 fully saturated rings. The summed E-state index contributed by atoms with van der Waals surface area (Å²) in [5.41, 5.74) is 0.544. The second kappa shape index (κ2) is 6.39. The smallest absolute Gasteiger partial charge is 0.309 e. The van der Waals surface area contributed by atoms with Gasteiger partial charge in [-0.3, -0.25) is 4.79 Å². The lowest BCUT2D eigenvalue weighted by atomic mass is 9.91. The Balaban J connectivity index is 1.98. The molecule has 20 heavy (non-hydrogen) atoms. The van der Waals surface area contributed by atoms with Gasteiger partial charge in [-0.05, 0) is 49.9 Å². The monoisotopic (exact) mass is 296 g/mol. The summed E-state index contributed by atoms with van der Waals surface area (Å²) >= 11 is 0. The van der Waals surface area contributed by atoms with Crippen LogP contribution in [0.2, 0.25) is 0 Å². The lowest BCUT2D eigenvalue weighted by Crippen LogP contribution is -2.22. The van der Waals surface area contributed by atoms with E-state index in [0.717, 1.165) is 25.7 Å². The maximum atomic E-state index is 12.0. The third kappa shape index (κ3) is 4.34. The van der Waals surface area contributed by atoms with Crippen molar-refractivity contribution in [3.63, 3.8) is 0 Å². The molecule has 0 saturated heterocycles. The van der Waals surface area contributed by atoms with Crippen LogP contribution in [0.4, 0.5) is 0 Å². The fourth-order valence-corrected chi connectivity index (χ4v) is 3.95. The first kappa shape index (κ1) is 15.0. The van der Waals surface area contributed by atoms with E-state index in [0.29, 0.717) is 5.56 Å². The number of benzene rings is 1. The molecule has 110 valence electrons. The van der Waals surface area contributed by atoms with Crippen molar-refractivity contribution in [1.29, 1.82) is 0 Å². The molecule has 1 aliphatic rings. The van der Waals surface area contributed by atoms with Crippen molar-refractivity contribution >= 4 is 15.9 Å². The maximum absolute atomic E-state index is 12.0. The van der Waals surface area contributed by atoms with E-state index in [9.17, 15) is 13.2 Å². The van der Waals surface area contributed by atoms with Crippen LogP contribution in [-0.4, -0.2) is 20.0 Å². The summed E-state index contributed by atoms with van der Waals surface area (Å²) in [6.07, 6.45) is 5.34. The molecule has 4 nitrogen and oxygen atoms in total. The van der Waals surface area contributed by atoms with E-state index in [1.807, 2.05) is 0 Å². The van der Waals surface area contributed by atoms with Crippen LogP contribution in [0, 0.1) is 5.92 Å². The lowest BCUT2D eigenvalue weighted by Gasteiger charge is -2.21. The van der Waals surface area contributed by atoms with E-state index in [1.165, 1.54) is 25.5 Å². The minimum Gasteiger partial charge on any atom is -0.382 e. The van der Waals surface area contributed by atoms with Crippen LogP contribution >= 0.6 is 0 Å². The quantitative estimate of drug-likeness (QED) is 0.618. The number of ketones is 1. The Bertz CT molecular complexity index is 554. The van der Waals surface area contributed by atoms with Gasteiger partial charge < -0.3 is 4.18 Å². The molecule has 1 aromatic rings. The molecule has 0 N–H and O–H groups in total. The largest absolute Gasteiger partial charge is 0.382 e. The van der Waals surface area contributed by atoms with Crippen LogP contribution in [0.1, 0.15) is 49.4 Å². The standard InChI is InChI=1S/C15H20O4S/c1-12(16)14-7-9-15(10-8-14)19-20(17,18)11-13-5-3-2-4-6-13/h7-10,13H,2-6,11H2,1H3. The van der Waals surface area contributed by atoms with Crippen LogP contribution in [-0.2, 0) is 10.1 Å². The molecule has 0 atom stereocenters. The fraction of sp³-hybridized carbons (Fsp3) is 0.533. The number of rotatable bonds is 5. The molecule has 5 heteroatoms. The van der Waals surface area contributed by atoms with Crippen LogP contribution in [0.25, 0.3) is 0 Å². The van der Waals surface area contributed by atoms with Crippen molar-refractivity contribution in [2.24, 2.45) is 5.92 Å². The molecule has 0 aliphatic heterocycles. The Kier molecular flexibility index (Phi) is 4.81. The van der Waals surface area contributed by atoms with Gasteiger partial charge in [-0.25, -0.2) is 0 Å². The van der Waals surface area contributed by atoms with Crippen LogP contribution in [0.3, 0.4) is 0 Å². The number of carbonyl (C=O) groups is 1. The van der Waals surface area contributed by atoms with Gasteiger partial charge in [0.05, 0.1) is 5.75 Å². The van der Waals surface area contributed by atoms with Gasteiger partial charge in [-0.2, -0.15) is 8.42 Å². The van der Waals surface area contributed by atoms with Gasteiger partial charge in [0.15, 0.2) is 5.78 Å². The van der Waals surface area contributed by atoms with Crippen molar-refractivity contribution in [2.75, 3.05) is 5.75 Å². The molecule has 0 unspecified atom stereocenters. The SMILES string of the molecule is CC(=O)c1ccc(OS(=O)(=O)CC2CCCCC2)cc1. The van der Waals surface area contributed by atoms with Crippen molar-refractivity contribution < 1.29 is 17.4 Å². The molecule has 0 aromatic heterocycles. The highest BCUT2D eigenvalue weighted by atomic mass is 32.2. The maximum Gasteiger partial charge on any atom is 0.309 e. The predicted octanol–water partition coefficient (Wildman–Crippen LogP) is 3.18. The Morgan fingerprint density at radius 2 is 1.75 bits per heavy atom. The molecule has 0 amide bonds. The van der Waals surface area contributed by atoms with E-state index >= 15 is 0 Å².